The Hall–Kier alpha value is -0.980. The highest BCUT2D eigenvalue weighted by molar-refractivity contribution is 5.46. The van der Waals surface area contributed by atoms with Crippen molar-refractivity contribution in [3.8, 4) is 5.75 Å². The van der Waals surface area contributed by atoms with Gasteiger partial charge in [-0.2, -0.15) is 0 Å². The number of methoxy groups -OCH3 is 1. The quantitative estimate of drug-likeness (QED) is 0.618. The number of hydrogen-bond donors (Lipinski definition) is 0. The molecule has 0 N–H and O–H groups in total. The Kier molecular flexibility index (Phi) is 2.41. The average molecular weight is 163 g/mol. The largest absolute Gasteiger partial charge is 0.496 e. The van der Waals surface area contributed by atoms with Crippen LogP contribution in [0, 0.1) is 33.8 Å². The van der Waals surface area contributed by atoms with Gasteiger partial charge in [0, 0.05) is 6.07 Å². The molecule has 0 aliphatic rings. The van der Waals surface area contributed by atoms with E-state index < -0.39 is 0 Å². The molecule has 0 aromatic heterocycles. The summed E-state index contributed by atoms with van der Waals surface area (Å²) in [5.41, 5.74) is 4.99. The van der Waals surface area contributed by atoms with E-state index in [4.69, 9.17) is 4.74 Å². The summed E-state index contributed by atoms with van der Waals surface area (Å²) in [6.07, 6.45) is 0. The molecule has 0 fully saturated rings. The van der Waals surface area contributed by atoms with Crippen LogP contribution in [0.4, 0.5) is 0 Å². The van der Waals surface area contributed by atoms with Gasteiger partial charge in [0.15, 0.2) is 0 Å². The van der Waals surface area contributed by atoms with Gasteiger partial charge < -0.3 is 4.74 Å². The molecule has 0 saturated carbocycles. The van der Waals surface area contributed by atoms with Crippen molar-refractivity contribution in [3.05, 3.63) is 28.3 Å². The minimum absolute atomic E-state index is 0.871. The molecule has 1 aromatic carbocycles. The summed E-state index contributed by atoms with van der Waals surface area (Å²) in [7, 11) is 1.69. The van der Waals surface area contributed by atoms with E-state index in [9.17, 15) is 0 Å². The fraction of sp³-hybridized carbons (Fsp3) is 0.455. The number of ether oxygens (including phenoxy) is 1. The lowest BCUT2D eigenvalue weighted by Gasteiger charge is -2.11. The smallest absolute Gasteiger partial charge is 0.130 e. The molecule has 1 nitrogen and oxygen atoms in total. The Balaban J connectivity index is 3.39. The Morgan fingerprint density at radius 2 is 1.50 bits per heavy atom. The van der Waals surface area contributed by atoms with Crippen LogP contribution in [0.1, 0.15) is 22.3 Å². The number of benzene rings is 1. The average Bonchev–Trinajstić information content (AvgIpc) is 2.08. The third-order valence-electron chi connectivity index (χ3n) is 2.53. The SMILES string of the molecule is COc1[c]c(C)c(C)c(C)c1C. The first-order valence-electron chi connectivity index (χ1n) is 4.11. The normalized spacial score (nSPS) is 10.1. The summed E-state index contributed by atoms with van der Waals surface area (Å²) in [6.45, 7) is 8.36. The van der Waals surface area contributed by atoms with Crippen molar-refractivity contribution >= 4 is 0 Å². The molecule has 1 rings (SSSR count). The van der Waals surface area contributed by atoms with E-state index in [1.54, 1.807) is 7.11 Å². The van der Waals surface area contributed by atoms with Crippen molar-refractivity contribution in [2.24, 2.45) is 0 Å². The first kappa shape index (κ1) is 9.11. The van der Waals surface area contributed by atoms with Crippen LogP contribution < -0.4 is 4.74 Å². The molecule has 0 atom stereocenters. The van der Waals surface area contributed by atoms with Crippen molar-refractivity contribution in [2.75, 3.05) is 7.11 Å². The van der Waals surface area contributed by atoms with Crippen LogP contribution in [0.2, 0.25) is 0 Å². The molecule has 1 aromatic rings. The third-order valence-corrected chi connectivity index (χ3v) is 2.53. The van der Waals surface area contributed by atoms with E-state index in [1.807, 2.05) is 0 Å². The maximum absolute atomic E-state index is 5.21. The van der Waals surface area contributed by atoms with E-state index in [1.165, 1.54) is 22.3 Å². The molecule has 1 radical (unpaired) electrons. The van der Waals surface area contributed by atoms with Crippen molar-refractivity contribution in [2.45, 2.75) is 27.7 Å². The highest BCUT2D eigenvalue weighted by atomic mass is 16.5. The van der Waals surface area contributed by atoms with Gasteiger partial charge >= 0.3 is 0 Å². The molecule has 0 aliphatic carbocycles. The second-order valence-electron chi connectivity index (χ2n) is 3.16. The molecular formula is C11H15O. The van der Waals surface area contributed by atoms with Crippen LogP contribution in [0.25, 0.3) is 0 Å². The lowest BCUT2D eigenvalue weighted by atomic mass is 9.99. The van der Waals surface area contributed by atoms with Crippen LogP contribution in [0.5, 0.6) is 5.75 Å². The summed E-state index contributed by atoms with van der Waals surface area (Å²) in [6, 6.07) is 3.21. The number of rotatable bonds is 1. The van der Waals surface area contributed by atoms with Crippen molar-refractivity contribution in [1.29, 1.82) is 0 Å². The zero-order valence-electron chi connectivity index (χ0n) is 8.41. The van der Waals surface area contributed by atoms with Gasteiger partial charge in [0.1, 0.15) is 5.75 Å². The predicted octanol–water partition coefficient (Wildman–Crippen LogP) is 2.73. The highest BCUT2D eigenvalue weighted by Gasteiger charge is 2.06. The minimum Gasteiger partial charge on any atom is -0.496 e. The van der Waals surface area contributed by atoms with E-state index >= 15 is 0 Å². The van der Waals surface area contributed by atoms with E-state index in [-0.39, 0.29) is 0 Å². The maximum atomic E-state index is 5.21. The van der Waals surface area contributed by atoms with E-state index in [2.05, 4.69) is 33.8 Å². The molecule has 0 spiro atoms. The zero-order chi connectivity index (χ0) is 9.30. The van der Waals surface area contributed by atoms with Crippen LogP contribution in [-0.2, 0) is 0 Å². The topological polar surface area (TPSA) is 9.23 Å². The first-order chi connectivity index (χ1) is 5.57. The summed E-state index contributed by atoms with van der Waals surface area (Å²) >= 11 is 0. The van der Waals surface area contributed by atoms with Crippen LogP contribution in [0.15, 0.2) is 0 Å². The summed E-state index contributed by atoms with van der Waals surface area (Å²) < 4.78 is 5.21. The van der Waals surface area contributed by atoms with Gasteiger partial charge in [-0.15, -0.1) is 0 Å². The Morgan fingerprint density at radius 1 is 0.917 bits per heavy atom. The van der Waals surface area contributed by atoms with Crippen molar-refractivity contribution in [1.82, 2.24) is 0 Å². The van der Waals surface area contributed by atoms with Gasteiger partial charge in [0.2, 0.25) is 0 Å². The summed E-state index contributed by atoms with van der Waals surface area (Å²) in [5.74, 6) is 0.871. The van der Waals surface area contributed by atoms with Gasteiger partial charge in [-0.25, -0.2) is 0 Å². The molecule has 0 heterocycles. The Morgan fingerprint density at radius 3 is 2.00 bits per heavy atom. The molecule has 1 heteroatoms. The van der Waals surface area contributed by atoms with Gasteiger partial charge in [-0.3, -0.25) is 0 Å². The van der Waals surface area contributed by atoms with Crippen LogP contribution in [-0.4, -0.2) is 7.11 Å². The predicted molar refractivity (Wildman–Crippen MR) is 50.8 cm³/mol. The molecule has 0 amide bonds. The zero-order valence-corrected chi connectivity index (χ0v) is 8.41. The fourth-order valence-electron chi connectivity index (χ4n) is 1.29. The van der Waals surface area contributed by atoms with E-state index in [0.717, 1.165) is 5.75 Å². The molecule has 65 valence electrons. The second kappa shape index (κ2) is 3.18. The van der Waals surface area contributed by atoms with Crippen LogP contribution in [0.3, 0.4) is 0 Å². The standard InChI is InChI=1S/C11H15O/c1-7-6-11(12-5)10(4)9(3)8(7)2/h1-5H3. The third kappa shape index (κ3) is 1.31. The molecule has 0 bridgehead atoms. The maximum Gasteiger partial charge on any atom is 0.130 e. The lowest BCUT2D eigenvalue weighted by molar-refractivity contribution is 0.410. The number of aryl methyl sites for hydroxylation is 1. The van der Waals surface area contributed by atoms with Crippen molar-refractivity contribution < 1.29 is 4.74 Å². The molecular weight excluding hydrogens is 148 g/mol. The minimum atomic E-state index is 0.871. The van der Waals surface area contributed by atoms with E-state index in [0.29, 0.717) is 0 Å². The summed E-state index contributed by atoms with van der Waals surface area (Å²) in [4.78, 5) is 0. The molecule has 0 aliphatic heterocycles. The first-order valence-corrected chi connectivity index (χ1v) is 4.11. The lowest BCUT2D eigenvalue weighted by Crippen LogP contribution is -1.95. The monoisotopic (exact) mass is 163 g/mol. The fourth-order valence-corrected chi connectivity index (χ4v) is 1.29. The molecule has 12 heavy (non-hydrogen) atoms. The Labute approximate surface area is 74.4 Å². The highest BCUT2D eigenvalue weighted by Crippen LogP contribution is 2.25. The van der Waals surface area contributed by atoms with Crippen molar-refractivity contribution in [3.63, 3.8) is 0 Å². The Bertz CT molecular complexity index is 300. The molecule has 0 saturated heterocycles. The number of hydrogen-bond acceptors (Lipinski definition) is 1. The van der Waals surface area contributed by atoms with Gasteiger partial charge in [-0.05, 0) is 49.9 Å². The van der Waals surface area contributed by atoms with Gasteiger partial charge in [-0.1, -0.05) is 0 Å². The molecule has 0 unspecified atom stereocenters. The van der Waals surface area contributed by atoms with Gasteiger partial charge in [0.25, 0.3) is 0 Å². The van der Waals surface area contributed by atoms with Crippen LogP contribution >= 0.6 is 0 Å². The summed E-state index contributed by atoms with van der Waals surface area (Å²) in [5, 5.41) is 0. The second-order valence-corrected chi connectivity index (χ2v) is 3.16. The van der Waals surface area contributed by atoms with Gasteiger partial charge in [0.05, 0.1) is 7.11 Å².